The summed E-state index contributed by atoms with van der Waals surface area (Å²) < 4.78 is 76.4. The van der Waals surface area contributed by atoms with Crippen molar-refractivity contribution >= 4 is 17.7 Å². The summed E-state index contributed by atoms with van der Waals surface area (Å²) in [5.41, 5.74) is -2.06. The minimum Gasteiger partial charge on any atom is -0.481 e. The van der Waals surface area contributed by atoms with Gasteiger partial charge in [-0.1, -0.05) is 5.16 Å². The highest BCUT2D eigenvalue weighted by atomic mass is 19.4. The fourth-order valence-electron chi connectivity index (χ4n) is 5.07. The molecule has 1 amide bonds. The van der Waals surface area contributed by atoms with E-state index in [1.807, 2.05) is 0 Å². The van der Waals surface area contributed by atoms with Crippen LogP contribution in [0, 0.1) is 31.4 Å². The quantitative estimate of drug-likeness (QED) is 0.296. The Bertz CT molecular complexity index is 1400. The molecule has 2 heterocycles. The molecule has 0 unspecified atom stereocenters. The topological polar surface area (TPSA) is 119 Å². The van der Waals surface area contributed by atoms with Crippen LogP contribution >= 0.6 is 0 Å². The largest absolute Gasteiger partial charge is 0.481 e. The predicted molar refractivity (Wildman–Crippen MR) is 127 cm³/mol. The van der Waals surface area contributed by atoms with Crippen molar-refractivity contribution in [1.29, 1.82) is 0 Å². The highest BCUT2D eigenvalue weighted by Crippen LogP contribution is 2.39. The summed E-state index contributed by atoms with van der Waals surface area (Å²) >= 11 is 0. The number of hydrogen-bond donors (Lipinski definition) is 1. The van der Waals surface area contributed by atoms with E-state index in [2.05, 4.69) is 10.3 Å². The second-order valence-electron chi connectivity index (χ2n) is 9.75. The molecule has 1 aliphatic rings. The Morgan fingerprint density at radius 1 is 1.07 bits per heavy atom. The molecule has 4 rings (SSSR count). The van der Waals surface area contributed by atoms with Crippen LogP contribution in [0.3, 0.4) is 0 Å². The molecule has 3 aromatic rings. The molecule has 0 bridgehead atoms. The molecule has 0 aliphatic heterocycles. The first kappa shape index (κ1) is 28.9. The average Bonchev–Trinajstić information content (AvgIpc) is 3.46. The summed E-state index contributed by atoms with van der Waals surface area (Å²) in [4.78, 5) is 38.7. The number of alkyl halides is 3. The van der Waals surface area contributed by atoms with Gasteiger partial charge in [0.2, 0.25) is 0 Å². The van der Waals surface area contributed by atoms with E-state index in [-0.39, 0.29) is 48.3 Å². The third kappa shape index (κ3) is 6.05. The Morgan fingerprint density at radius 2 is 1.70 bits per heavy atom. The summed E-state index contributed by atoms with van der Waals surface area (Å²) in [6.07, 6.45) is -3.80. The number of hydrogen-bond acceptors (Lipinski definition) is 6. The summed E-state index contributed by atoms with van der Waals surface area (Å²) in [6, 6.07) is 1.59. The van der Waals surface area contributed by atoms with Crippen LogP contribution in [0.15, 0.2) is 28.9 Å². The minimum atomic E-state index is -5.03. The summed E-state index contributed by atoms with van der Waals surface area (Å²) in [5.74, 6) is -5.46. The van der Waals surface area contributed by atoms with Crippen molar-refractivity contribution in [3.05, 3.63) is 69.9 Å². The normalized spacial score (nSPS) is 17.6. The molecule has 0 radical (unpaired) electrons. The molecule has 214 valence electrons. The number of amides is 1. The van der Waals surface area contributed by atoms with E-state index >= 15 is 0 Å². The molecule has 1 saturated carbocycles. The average molecular weight is 568 g/mol. The van der Waals surface area contributed by atoms with E-state index in [9.17, 15) is 41.4 Å². The Kier molecular flexibility index (Phi) is 8.08. The van der Waals surface area contributed by atoms with E-state index in [1.165, 1.54) is 13.8 Å². The lowest BCUT2D eigenvalue weighted by molar-refractivity contribution is -0.147. The maximum atomic E-state index is 14.3. The van der Waals surface area contributed by atoms with Crippen molar-refractivity contribution in [3.8, 4) is 0 Å². The molecule has 1 fully saturated rings. The number of aromatic nitrogens is 3. The Hall–Kier alpha value is -4.10. The number of rotatable bonds is 8. The minimum absolute atomic E-state index is 0.0325. The lowest BCUT2D eigenvalue weighted by Crippen LogP contribution is -2.37. The van der Waals surface area contributed by atoms with Crippen LogP contribution in [0.4, 0.5) is 22.0 Å². The van der Waals surface area contributed by atoms with E-state index < -0.39 is 71.8 Å². The molecule has 14 heteroatoms. The third-order valence-corrected chi connectivity index (χ3v) is 6.92. The standard InChI is InChI=1S/C26H25F5N4O5/c1-13-22(14(2)40-33-13)21(36)12-34(11-15-7-17(27)9-18(28)8-15)24(37)20-10-32-35(23(20)26(29,30)31)19-5-3-16(4-6-19)25(38)39/h7-10,16,19H,3-6,11-12H2,1-2H3,(H,38,39)/t16-,19-. The van der Waals surface area contributed by atoms with Gasteiger partial charge in [-0.3, -0.25) is 19.1 Å². The fourth-order valence-corrected chi connectivity index (χ4v) is 5.07. The Labute approximate surface area is 224 Å². The third-order valence-electron chi connectivity index (χ3n) is 6.92. The molecule has 0 spiro atoms. The van der Waals surface area contributed by atoms with Crippen LogP contribution in [0.5, 0.6) is 0 Å². The lowest BCUT2D eigenvalue weighted by atomic mass is 9.86. The molecular formula is C26H25F5N4O5. The number of halogens is 5. The van der Waals surface area contributed by atoms with Crippen LogP contribution < -0.4 is 0 Å². The highest BCUT2D eigenvalue weighted by molar-refractivity contribution is 6.03. The molecule has 1 aromatic carbocycles. The number of carbonyl (C=O) groups excluding carboxylic acids is 2. The van der Waals surface area contributed by atoms with Gasteiger partial charge in [-0.2, -0.15) is 18.3 Å². The second-order valence-corrected chi connectivity index (χ2v) is 9.75. The van der Waals surface area contributed by atoms with Crippen LogP contribution in [0.25, 0.3) is 0 Å². The van der Waals surface area contributed by atoms with E-state index in [0.29, 0.717) is 10.7 Å². The van der Waals surface area contributed by atoms with Gasteiger partial charge in [0.05, 0.1) is 41.5 Å². The number of aliphatic carboxylic acids is 1. The smallest absolute Gasteiger partial charge is 0.433 e. The van der Waals surface area contributed by atoms with Gasteiger partial charge in [0.25, 0.3) is 5.91 Å². The van der Waals surface area contributed by atoms with Crippen molar-refractivity contribution < 1.29 is 46.0 Å². The maximum Gasteiger partial charge on any atom is 0.433 e. The molecule has 2 aromatic heterocycles. The van der Waals surface area contributed by atoms with Gasteiger partial charge in [0.1, 0.15) is 17.4 Å². The molecule has 1 N–H and O–H groups in total. The van der Waals surface area contributed by atoms with Crippen molar-refractivity contribution in [3.63, 3.8) is 0 Å². The molecule has 40 heavy (non-hydrogen) atoms. The van der Waals surface area contributed by atoms with Crippen LogP contribution in [0.2, 0.25) is 0 Å². The number of nitrogens with zero attached hydrogens (tertiary/aromatic N) is 4. The number of aryl methyl sites for hydroxylation is 2. The van der Waals surface area contributed by atoms with Gasteiger partial charge >= 0.3 is 12.1 Å². The Morgan fingerprint density at radius 3 is 2.23 bits per heavy atom. The maximum absolute atomic E-state index is 14.3. The zero-order valence-electron chi connectivity index (χ0n) is 21.5. The molecule has 0 atom stereocenters. The number of carboxylic acid groups (broad SMARTS) is 1. The van der Waals surface area contributed by atoms with E-state index in [1.54, 1.807) is 0 Å². The van der Waals surface area contributed by atoms with Crippen molar-refractivity contribution in [2.24, 2.45) is 5.92 Å². The zero-order valence-corrected chi connectivity index (χ0v) is 21.5. The molecule has 0 saturated heterocycles. The summed E-state index contributed by atoms with van der Waals surface area (Å²) in [7, 11) is 0. The Balaban J connectivity index is 1.71. The molecular weight excluding hydrogens is 543 g/mol. The number of benzene rings is 1. The summed E-state index contributed by atoms with van der Waals surface area (Å²) in [6.45, 7) is 1.59. The first-order valence-electron chi connectivity index (χ1n) is 12.3. The van der Waals surface area contributed by atoms with Crippen LogP contribution in [-0.4, -0.2) is 49.1 Å². The number of ketones is 1. The fraction of sp³-hybridized carbons (Fsp3) is 0.423. The number of Topliss-reactive ketones (excluding diaryl/α,β-unsaturated/α-hetero) is 1. The van der Waals surface area contributed by atoms with Crippen molar-refractivity contribution in [2.75, 3.05) is 6.54 Å². The van der Waals surface area contributed by atoms with E-state index in [0.717, 1.165) is 23.2 Å². The van der Waals surface area contributed by atoms with Gasteiger partial charge in [-0.15, -0.1) is 0 Å². The molecule has 9 nitrogen and oxygen atoms in total. The first-order chi connectivity index (χ1) is 18.8. The van der Waals surface area contributed by atoms with Gasteiger partial charge < -0.3 is 14.5 Å². The number of carbonyl (C=O) groups is 3. The van der Waals surface area contributed by atoms with Crippen molar-refractivity contribution in [2.45, 2.75) is 58.3 Å². The van der Waals surface area contributed by atoms with Crippen LogP contribution in [-0.2, 0) is 17.5 Å². The summed E-state index contributed by atoms with van der Waals surface area (Å²) in [5, 5.41) is 16.7. The molecule has 1 aliphatic carbocycles. The van der Waals surface area contributed by atoms with Gasteiger partial charge in [0.15, 0.2) is 11.5 Å². The monoisotopic (exact) mass is 568 g/mol. The van der Waals surface area contributed by atoms with Gasteiger partial charge in [-0.25, -0.2) is 8.78 Å². The SMILES string of the molecule is Cc1noc(C)c1C(=O)CN(Cc1cc(F)cc(F)c1)C(=O)c1cnn([C@H]2CC[C@H](C(=O)O)CC2)c1C(F)(F)F. The zero-order chi connectivity index (χ0) is 29.4. The highest BCUT2D eigenvalue weighted by Gasteiger charge is 2.43. The number of carboxylic acids is 1. The lowest BCUT2D eigenvalue weighted by Gasteiger charge is -2.28. The predicted octanol–water partition coefficient (Wildman–Crippen LogP) is 5.13. The van der Waals surface area contributed by atoms with Crippen LogP contribution in [0.1, 0.15) is 75.2 Å². The second kappa shape index (κ2) is 11.2. The van der Waals surface area contributed by atoms with E-state index in [4.69, 9.17) is 4.52 Å². The van der Waals surface area contributed by atoms with Gasteiger partial charge in [0, 0.05) is 12.6 Å². The van der Waals surface area contributed by atoms with Gasteiger partial charge in [-0.05, 0) is 57.2 Å². The van der Waals surface area contributed by atoms with Crippen molar-refractivity contribution in [1.82, 2.24) is 19.8 Å². The first-order valence-corrected chi connectivity index (χ1v) is 12.3.